The zero-order valence-electron chi connectivity index (χ0n) is 11.8. The summed E-state index contributed by atoms with van der Waals surface area (Å²) in [4.78, 5) is 22.6. The van der Waals surface area contributed by atoms with Gasteiger partial charge in [-0.2, -0.15) is 0 Å². The molecule has 0 N–H and O–H groups in total. The largest absolute Gasteiger partial charge is 0.334 e. The van der Waals surface area contributed by atoms with Gasteiger partial charge in [-0.1, -0.05) is 0 Å². The molecule has 1 atom stereocenters. The number of hydrogen-bond acceptors (Lipinski definition) is 3. The molecule has 1 aromatic heterocycles. The van der Waals surface area contributed by atoms with Crippen molar-refractivity contribution in [3.05, 3.63) is 24.3 Å². The first-order valence-corrected chi connectivity index (χ1v) is 7.51. The molecule has 6 heteroatoms. The summed E-state index contributed by atoms with van der Waals surface area (Å²) >= 11 is 0. The third kappa shape index (κ3) is 3.04. The Morgan fingerprint density at radius 3 is 2.71 bits per heavy atom. The molecule has 0 spiro atoms. The van der Waals surface area contributed by atoms with E-state index in [1.165, 1.54) is 6.33 Å². The maximum absolute atomic E-state index is 13.2. The topological polar surface area (TPSA) is 46.1 Å². The molecule has 2 aliphatic rings. The minimum atomic E-state index is -2.59. The Morgan fingerprint density at radius 1 is 1.29 bits per heavy atom. The Kier molecular flexibility index (Phi) is 3.87. The third-order valence-electron chi connectivity index (χ3n) is 4.55. The second-order valence-electron chi connectivity index (χ2n) is 5.95. The maximum atomic E-state index is 13.2. The van der Waals surface area contributed by atoms with Gasteiger partial charge in [0.1, 0.15) is 6.33 Å². The van der Waals surface area contributed by atoms with Crippen LogP contribution in [0.3, 0.4) is 0 Å². The van der Waals surface area contributed by atoms with Gasteiger partial charge in [-0.25, -0.2) is 18.7 Å². The molecule has 3 rings (SSSR count). The van der Waals surface area contributed by atoms with Crippen molar-refractivity contribution < 1.29 is 13.6 Å². The molecule has 2 heterocycles. The molecular weight excluding hydrogens is 276 g/mol. The Morgan fingerprint density at radius 2 is 2.05 bits per heavy atom. The second-order valence-corrected chi connectivity index (χ2v) is 5.95. The monoisotopic (exact) mass is 295 g/mol. The maximum Gasteiger partial charge on any atom is 0.248 e. The molecule has 0 radical (unpaired) electrons. The number of amides is 1. The highest BCUT2D eigenvalue weighted by atomic mass is 19.3. The SMILES string of the molecule is O=C(C1CCC(F)(F)CC1)N1CCC[C@@H]1c1ccncn1. The van der Waals surface area contributed by atoms with Crippen molar-refractivity contribution in [2.24, 2.45) is 5.92 Å². The average Bonchev–Trinajstić information content (AvgIpc) is 2.97. The summed E-state index contributed by atoms with van der Waals surface area (Å²) in [5.74, 6) is -2.83. The van der Waals surface area contributed by atoms with Crippen molar-refractivity contribution in [2.45, 2.75) is 50.5 Å². The average molecular weight is 295 g/mol. The predicted octanol–water partition coefficient (Wildman–Crippen LogP) is 2.97. The van der Waals surface area contributed by atoms with Crippen molar-refractivity contribution in [1.29, 1.82) is 0 Å². The quantitative estimate of drug-likeness (QED) is 0.842. The molecule has 1 aromatic rings. The Hall–Kier alpha value is -1.59. The fraction of sp³-hybridized carbons (Fsp3) is 0.667. The minimum Gasteiger partial charge on any atom is -0.334 e. The summed E-state index contributed by atoms with van der Waals surface area (Å²) in [5, 5.41) is 0. The smallest absolute Gasteiger partial charge is 0.248 e. The van der Waals surface area contributed by atoms with Gasteiger partial charge >= 0.3 is 0 Å². The van der Waals surface area contributed by atoms with Crippen LogP contribution >= 0.6 is 0 Å². The fourth-order valence-electron chi connectivity index (χ4n) is 3.36. The second kappa shape index (κ2) is 5.66. The summed E-state index contributed by atoms with van der Waals surface area (Å²) in [7, 11) is 0. The van der Waals surface area contributed by atoms with Gasteiger partial charge in [-0.05, 0) is 31.7 Å². The molecule has 1 aliphatic carbocycles. The van der Waals surface area contributed by atoms with Gasteiger partial charge in [0.2, 0.25) is 11.8 Å². The number of rotatable bonds is 2. The lowest BCUT2D eigenvalue weighted by atomic mass is 9.85. The van der Waals surface area contributed by atoms with Crippen LogP contribution in [0.5, 0.6) is 0 Å². The number of hydrogen-bond donors (Lipinski definition) is 0. The van der Waals surface area contributed by atoms with Crippen LogP contribution in [-0.4, -0.2) is 33.2 Å². The van der Waals surface area contributed by atoms with Crippen molar-refractivity contribution >= 4 is 5.91 Å². The van der Waals surface area contributed by atoms with Crippen molar-refractivity contribution in [1.82, 2.24) is 14.9 Å². The van der Waals surface area contributed by atoms with Crippen LogP contribution in [0, 0.1) is 5.92 Å². The lowest BCUT2D eigenvalue weighted by Gasteiger charge is -2.32. The van der Waals surface area contributed by atoms with E-state index in [1.807, 2.05) is 11.0 Å². The Labute approximate surface area is 122 Å². The van der Waals surface area contributed by atoms with E-state index in [0.29, 0.717) is 19.4 Å². The summed E-state index contributed by atoms with van der Waals surface area (Å²) in [6, 6.07) is 1.80. The zero-order valence-corrected chi connectivity index (χ0v) is 11.8. The highest BCUT2D eigenvalue weighted by Crippen LogP contribution is 2.39. The van der Waals surface area contributed by atoms with Gasteiger partial charge in [-0.15, -0.1) is 0 Å². The van der Waals surface area contributed by atoms with Gasteiger partial charge in [0.25, 0.3) is 0 Å². The van der Waals surface area contributed by atoms with E-state index < -0.39 is 5.92 Å². The van der Waals surface area contributed by atoms with Crippen LogP contribution in [0.15, 0.2) is 18.6 Å². The molecule has 4 nitrogen and oxygen atoms in total. The van der Waals surface area contributed by atoms with Gasteiger partial charge < -0.3 is 4.90 Å². The lowest BCUT2D eigenvalue weighted by Crippen LogP contribution is -2.39. The van der Waals surface area contributed by atoms with Crippen LogP contribution in [0.4, 0.5) is 8.78 Å². The van der Waals surface area contributed by atoms with E-state index in [9.17, 15) is 13.6 Å². The number of carbonyl (C=O) groups is 1. The Balaban J connectivity index is 1.69. The number of aromatic nitrogens is 2. The molecule has 1 amide bonds. The summed E-state index contributed by atoms with van der Waals surface area (Å²) < 4.78 is 26.4. The summed E-state index contributed by atoms with van der Waals surface area (Å²) in [6.07, 6.45) is 5.21. The molecule has 1 saturated heterocycles. The van der Waals surface area contributed by atoms with Gasteiger partial charge in [-0.3, -0.25) is 4.79 Å². The van der Waals surface area contributed by atoms with E-state index in [2.05, 4.69) is 9.97 Å². The highest BCUT2D eigenvalue weighted by molar-refractivity contribution is 5.79. The van der Waals surface area contributed by atoms with Crippen molar-refractivity contribution in [3.8, 4) is 0 Å². The van der Waals surface area contributed by atoms with Crippen LogP contribution in [0.1, 0.15) is 50.3 Å². The first-order valence-electron chi connectivity index (χ1n) is 7.51. The van der Waals surface area contributed by atoms with Gasteiger partial charge in [0, 0.05) is 31.5 Å². The number of nitrogens with zero attached hydrogens (tertiary/aromatic N) is 3. The van der Waals surface area contributed by atoms with E-state index >= 15 is 0 Å². The van der Waals surface area contributed by atoms with Crippen LogP contribution in [-0.2, 0) is 4.79 Å². The first kappa shape index (κ1) is 14.4. The third-order valence-corrected chi connectivity index (χ3v) is 4.55. The number of halogens is 2. The summed E-state index contributed by atoms with van der Waals surface area (Å²) in [6.45, 7) is 0.695. The van der Waals surface area contributed by atoms with Crippen LogP contribution in [0.25, 0.3) is 0 Å². The zero-order chi connectivity index (χ0) is 14.9. The number of carbonyl (C=O) groups excluding carboxylic acids is 1. The fourth-order valence-corrected chi connectivity index (χ4v) is 3.36. The van der Waals surface area contributed by atoms with E-state index in [0.717, 1.165) is 18.5 Å². The molecule has 1 saturated carbocycles. The molecular formula is C15H19F2N3O. The van der Waals surface area contributed by atoms with Crippen LogP contribution < -0.4 is 0 Å². The Bertz CT molecular complexity index is 499. The highest BCUT2D eigenvalue weighted by Gasteiger charge is 2.41. The lowest BCUT2D eigenvalue weighted by molar-refractivity contribution is -0.140. The molecule has 21 heavy (non-hydrogen) atoms. The molecule has 0 aromatic carbocycles. The molecule has 114 valence electrons. The van der Waals surface area contributed by atoms with Crippen molar-refractivity contribution in [3.63, 3.8) is 0 Å². The van der Waals surface area contributed by atoms with Gasteiger partial charge in [0.05, 0.1) is 11.7 Å². The van der Waals surface area contributed by atoms with Crippen molar-refractivity contribution in [2.75, 3.05) is 6.54 Å². The van der Waals surface area contributed by atoms with E-state index in [-0.39, 0.29) is 30.7 Å². The summed E-state index contributed by atoms with van der Waals surface area (Å²) in [5.41, 5.74) is 0.844. The number of alkyl halides is 2. The molecule has 0 bridgehead atoms. The normalized spacial score (nSPS) is 26.0. The molecule has 1 aliphatic heterocycles. The predicted molar refractivity (Wildman–Crippen MR) is 72.6 cm³/mol. The van der Waals surface area contributed by atoms with E-state index in [1.54, 1.807) is 6.20 Å². The standard InChI is InChI=1S/C15H19F2N3O/c16-15(17)6-3-11(4-7-15)14(21)20-9-1-2-13(20)12-5-8-18-10-19-12/h5,8,10-11,13H,1-4,6-7,9H2/t13-/m1/s1. The molecule has 0 unspecified atom stereocenters. The molecule has 2 fully saturated rings. The minimum absolute atomic E-state index is 0.0200. The first-order chi connectivity index (χ1) is 10.1. The van der Waals surface area contributed by atoms with E-state index in [4.69, 9.17) is 0 Å². The van der Waals surface area contributed by atoms with Gasteiger partial charge in [0.15, 0.2) is 0 Å². The van der Waals surface area contributed by atoms with Crippen LogP contribution in [0.2, 0.25) is 0 Å². The number of likely N-dealkylation sites (tertiary alicyclic amines) is 1.